The maximum absolute atomic E-state index is 16.6. The molecule has 1 saturated heterocycles. The fourth-order valence-corrected chi connectivity index (χ4v) is 11.8. The molecule has 0 aliphatic carbocycles. The van der Waals surface area contributed by atoms with Crippen LogP contribution in [0.25, 0.3) is 0 Å². The van der Waals surface area contributed by atoms with Gasteiger partial charge in [-0.2, -0.15) is 5.10 Å². The SMILES string of the molecule is C[C@H]1[C@H]([Si](C)(C)F)[C@@H](CC(=O)N2Cc3ccccc3C[C@H]2CO)O[C@]12C(=O)N(Cc1ccc(N3N=C(c4ccccc4)CCC3=O)cc1)c1ccc([N+](=O)[O-])cc12. The van der Waals surface area contributed by atoms with E-state index in [-0.39, 0.29) is 49.2 Å². The number of hydrazone groups is 1. The lowest BCUT2D eigenvalue weighted by molar-refractivity contribution is -0.385. The number of nitro groups is 1. The van der Waals surface area contributed by atoms with Gasteiger partial charge in [0.25, 0.3) is 11.6 Å². The van der Waals surface area contributed by atoms with E-state index in [1.807, 2.05) is 54.6 Å². The fraction of sp³-hybridized carbons (Fsp3) is 0.349. The van der Waals surface area contributed by atoms with Gasteiger partial charge in [0.05, 0.1) is 53.7 Å². The summed E-state index contributed by atoms with van der Waals surface area (Å²) >= 11 is 0. The monoisotopic (exact) mass is 789 g/mol. The van der Waals surface area contributed by atoms with Crippen LogP contribution in [0.5, 0.6) is 0 Å². The van der Waals surface area contributed by atoms with Gasteiger partial charge < -0.3 is 23.8 Å². The summed E-state index contributed by atoms with van der Waals surface area (Å²) in [4.78, 5) is 56.8. The summed E-state index contributed by atoms with van der Waals surface area (Å²) in [7, 11) is -3.67. The first-order chi connectivity index (χ1) is 27.3. The first-order valence-electron chi connectivity index (χ1n) is 19.3. The maximum atomic E-state index is 16.6. The number of benzene rings is 4. The minimum absolute atomic E-state index is 0.0598. The first kappa shape index (κ1) is 38.3. The van der Waals surface area contributed by atoms with Gasteiger partial charge in [-0.15, -0.1) is 0 Å². The highest BCUT2D eigenvalue weighted by Gasteiger charge is 2.67. The van der Waals surface area contributed by atoms with Gasteiger partial charge in [-0.05, 0) is 60.0 Å². The molecule has 0 bridgehead atoms. The van der Waals surface area contributed by atoms with Crippen molar-refractivity contribution in [3.05, 3.63) is 135 Å². The number of non-ortho nitro benzene ring substituents is 1. The Labute approximate surface area is 330 Å². The molecule has 4 heterocycles. The van der Waals surface area contributed by atoms with E-state index in [1.54, 1.807) is 36.1 Å². The highest BCUT2D eigenvalue weighted by Crippen LogP contribution is 2.61. The zero-order valence-electron chi connectivity index (χ0n) is 32.0. The summed E-state index contributed by atoms with van der Waals surface area (Å²) < 4.78 is 23.4. The van der Waals surface area contributed by atoms with Crippen LogP contribution in [-0.4, -0.2) is 65.5 Å². The predicted octanol–water partition coefficient (Wildman–Crippen LogP) is 6.78. The molecule has 14 heteroatoms. The van der Waals surface area contributed by atoms with Gasteiger partial charge in [0.15, 0.2) is 5.60 Å². The van der Waals surface area contributed by atoms with E-state index >= 15 is 4.11 Å². The number of nitro benzene ring substituents is 1. The lowest BCUT2D eigenvalue weighted by atomic mass is 9.82. The standard InChI is InChI=1S/C43H44FN5O7Si/c1-27-41(57(2,3)44)38(23-40(52)46-25-31-12-8-7-11-30(31)21-34(46)26-50)56-43(27)35-22-33(49(54)55)17-19-37(35)47(42(43)53)24-28-13-15-32(16-14-28)48-39(51)20-18-36(45-48)29-9-5-4-6-10-29/h4-17,19,22,27,34,38,41,50H,18,20-21,23-26H2,1-3H3/t27-,34-,38+,41-,43+/m0/s1. The van der Waals surface area contributed by atoms with Crippen molar-refractivity contribution in [2.24, 2.45) is 11.0 Å². The summed E-state index contributed by atoms with van der Waals surface area (Å²) in [6.45, 7) is 4.91. The predicted molar refractivity (Wildman–Crippen MR) is 215 cm³/mol. The molecule has 1 N–H and O–H groups in total. The van der Waals surface area contributed by atoms with Crippen LogP contribution in [0.15, 0.2) is 102 Å². The van der Waals surface area contributed by atoms with Crippen LogP contribution in [0, 0.1) is 16.0 Å². The summed E-state index contributed by atoms with van der Waals surface area (Å²) in [6.07, 6.45) is 0.0787. The zero-order valence-corrected chi connectivity index (χ0v) is 33.0. The number of aliphatic hydroxyl groups is 1. The second-order valence-electron chi connectivity index (χ2n) is 15.9. The average molecular weight is 790 g/mol. The molecule has 0 radical (unpaired) electrons. The van der Waals surface area contributed by atoms with E-state index in [1.165, 1.54) is 41.2 Å². The van der Waals surface area contributed by atoms with Crippen molar-refractivity contribution in [2.45, 2.75) is 82.1 Å². The normalized spacial score (nSPS) is 24.4. The number of ether oxygens (including phenoxy) is 1. The van der Waals surface area contributed by atoms with E-state index < -0.39 is 48.4 Å². The number of carbonyl (C=O) groups is 3. The Hall–Kier alpha value is -5.57. The minimum Gasteiger partial charge on any atom is -0.394 e. The van der Waals surface area contributed by atoms with Crippen molar-refractivity contribution in [3.8, 4) is 0 Å². The van der Waals surface area contributed by atoms with Gasteiger partial charge in [0.2, 0.25) is 20.2 Å². The van der Waals surface area contributed by atoms with Gasteiger partial charge in [-0.1, -0.05) is 73.7 Å². The number of fused-ring (bicyclic) bond motifs is 3. The topological polar surface area (TPSA) is 146 Å². The maximum Gasteiger partial charge on any atom is 0.269 e. The number of halogens is 1. The Morgan fingerprint density at radius 2 is 1.70 bits per heavy atom. The minimum atomic E-state index is -3.67. The Balaban J connectivity index is 1.10. The number of amides is 3. The number of nitrogens with zero attached hydrogens (tertiary/aromatic N) is 5. The van der Waals surface area contributed by atoms with Gasteiger partial charge in [-0.25, -0.2) is 5.01 Å². The van der Waals surface area contributed by atoms with Gasteiger partial charge in [-0.3, -0.25) is 24.5 Å². The molecular weight excluding hydrogens is 746 g/mol. The van der Waals surface area contributed by atoms with E-state index in [0.717, 1.165) is 22.4 Å². The first-order valence-corrected chi connectivity index (χ1v) is 22.2. The molecule has 5 atom stereocenters. The largest absolute Gasteiger partial charge is 0.394 e. The van der Waals surface area contributed by atoms with Gasteiger partial charge in [0.1, 0.15) is 0 Å². The molecule has 4 aromatic rings. The van der Waals surface area contributed by atoms with E-state index in [9.17, 15) is 29.6 Å². The summed E-state index contributed by atoms with van der Waals surface area (Å²) in [5.74, 6) is -1.73. The average Bonchev–Trinajstić information content (AvgIpc) is 3.63. The molecule has 0 saturated carbocycles. The van der Waals surface area contributed by atoms with Crippen LogP contribution < -0.4 is 9.91 Å². The van der Waals surface area contributed by atoms with Crippen molar-refractivity contribution in [1.82, 2.24) is 4.90 Å². The van der Waals surface area contributed by atoms with Crippen molar-refractivity contribution < 1.29 is 33.3 Å². The van der Waals surface area contributed by atoms with Crippen molar-refractivity contribution in [3.63, 3.8) is 0 Å². The summed E-state index contributed by atoms with van der Waals surface area (Å²) in [5.41, 5.74) is 2.86. The Bertz CT molecular complexity index is 2280. The zero-order chi connectivity index (χ0) is 40.2. The van der Waals surface area contributed by atoms with Crippen LogP contribution >= 0.6 is 0 Å². The van der Waals surface area contributed by atoms with Crippen LogP contribution in [0.1, 0.15) is 54.0 Å². The molecule has 4 aliphatic rings. The van der Waals surface area contributed by atoms with Crippen LogP contribution in [0.2, 0.25) is 18.6 Å². The van der Waals surface area contributed by atoms with Crippen LogP contribution in [-0.2, 0) is 44.2 Å². The quantitative estimate of drug-likeness (QED) is 0.0852. The third kappa shape index (κ3) is 6.74. The van der Waals surface area contributed by atoms with Crippen molar-refractivity contribution >= 4 is 48.9 Å². The third-order valence-electron chi connectivity index (χ3n) is 12.1. The van der Waals surface area contributed by atoms with E-state index in [0.29, 0.717) is 36.2 Å². The number of anilines is 2. The van der Waals surface area contributed by atoms with Crippen molar-refractivity contribution in [1.29, 1.82) is 0 Å². The molecule has 12 nitrogen and oxygen atoms in total. The molecule has 4 aromatic carbocycles. The number of carbonyl (C=O) groups excluding carboxylic acids is 3. The Kier molecular flexibility index (Phi) is 9.91. The molecule has 294 valence electrons. The molecule has 0 aromatic heterocycles. The van der Waals surface area contributed by atoms with E-state index in [2.05, 4.69) is 5.10 Å². The van der Waals surface area contributed by atoms with Gasteiger partial charge in [0, 0.05) is 48.5 Å². The molecule has 4 aliphatic heterocycles. The second kappa shape index (κ2) is 14.7. The molecule has 1 spiro atoms. The van der Waals surface area contributed by atoms with Crippen LogP contribution in [0.3, 0.4) is 0 Å². The van der Waals surface area contributed by atoms with Crippen LogP contribution in [0.4, 0.5) is 21.2 Å². The Morgan fingerprint density at radius 3 is 2.39 bits per heavy atom. The smallest absolute Gasteiger partial charge is 0.269 e. The number of rotatable bonds is 9. The second-order valence-corrected chi connectivity index (χ2v) is 19.7. The molecular formula is C43H44FN5O7Si. The highest BCUT2D eigenvalue weighted by atomic mass is 28.4. The molecule has 57 heavy (non-hydrogen) atoms. The molecule has 3 amide bonds. The lowest BCUT2D eigenvalue weighted by Crippen LogP contribution is -2.48. The highest BCUT2D eigenvalue weighted by molar-refractivity contribution is 6.72. The molecule has 0 unspecified atom stereocenters. The Morgan fingerprint density at radius 1 is 1.00 bits per heavy atom. The number of hydrogen-bond donors (Lipinski definition) is 1. The molecule has 8 rings (SSSR count). The fourth-order valence-electron chi connectivity index (χ4n) is 9.35. The summed E-state index contributed by atoms with van der Waals surface area (Å²) in [5, 5.41) is 28.4. The van der Waals surface area contributed by atoms with Crippen molar-refractivity contribution in [2.75, 3.05) is 16.5 Å². The number of hydrogen-bond acceptors (Lipinski definition) is 8. The third-order valence-corrected chi connectivity index (χ3v) is 14.5. The van der Waals surface area contributed by atoms with E-state index in [4.69, 9.17) is 4.74 Å². The molecule has 1 fully saturated rings. The van der Waals surface area contributed by atoms with Gasteiger partial charge >= 0.3 is 0 Å². The summed E-state index contributed by atoms with van der Waals surface area (Å²) in [6, 6.07) is 28.3. The number of aliphatic hydroxyl groups excluding tert-OH is 1. The lowest BCUT2D eigenvalue weighted by Gasteiger charge is -2.37.